The van der Waals surface area contributed by atoms with Crippen LogP contribution in [0, 0.1) is 19.8 Å². The van der Waals surface area contributed by atoms with E-state index in [1.165, 1.54) is 19.1 Å². The van der Waals surface area contributed by atoms with Crippen molar-refractivity contribution in [1.82, 2.24) is 9.69 Å². The molecule has 1 heterocycles. The Labute approximate surface area is 232 Å². The van der Waals surface area contributed by atoms with E-state index in [0.717, 1.165) is 29.1 Å². The van der Waals surface area contributed by atoms with Crippen LogP contribution in [0.2, 0.25) is 0 Å². The van der Waals surface area contributed by atoms with E-state index in [2.05, 4.69) is 23.5 Å². The largest absolute Gasteiger partial charge is 0.493 e. The molecule has 0 saturated heterocycles. The third-order valence-electron chi connectivity index (χ3n) is 6.46. The van der Waals surface area contributed by atoms with Crippen molar-refractivity contribution in [2.75, 3.05) is 31.4 Å². The lowest BCUT2D eigenvalue weighted by Gasteiger charge is -2.33. The Bertz CT molecular complexity index is 1370. The summed E-state index contributed by atoms with van der Waals surface area (Å²) in [5, 5.41) is 2.98. The van der Waals surface area contributed by atoms with E-state index >= 15 is 0 Å². The van der Waals surface area contributed by atoms with Crippen LogP contribution in [0.15, 0.2) is 36.4 Å². The van der Waals surface area contributed by atoms with Crippen molar-refractivity contribution in [3.63, 3.8) is 0 Å². The van der Waals surface area contributed by atoms with E-state index in [1.54, 1.807) is 24.3 Å². The highest BCUT2D eigenvalue weighted by Gasteiger charge is 2.37. The highest BCUT2D eigenvalue weighted by atomic mass is 32.1. The van der Waals surface area contributed by atoms with Gasteiger partial charge >= 0.3 is 0 Å². The molecule has 0 aliphatic heterocycles. The van der Waals surface area contributed by atoms with Gasteiger partial charge in [-0.15, -0.1) is 0 Å². The summed E-state index contributed by atoms with van der Waals surface area (Å²) >= 11 is 0.762. The molecule has 0 aliphatic carbocycles. The van der Waals surface area contributed by atoms with Crippen molar-refractivity contribution in [3.8, 4) is 11.5 Å². The molecule has 1 atom stereocenters. The SMILES string of the molecule is COc1ccc([C@@H](C(=O)NCCC(C)C)N(C(=O)c2snc(C(N)=O)c2N)c2cccc(C)c2C)cc1OC. The third-order valence-corrected chi connectivity index (χ3v) is 7.31. The van der Waals surface area contributed by atoms with Gasteiger partial charge in [0.15, 0.2) is 17.2 Å². The number of primary amides is 1. The van der Waals surface area contributed by atoms with Crippen molar-refractivity contribution >= 4 is 40.6 Å². The average Bonchev–Trinajstić information content (AvgIpc) is 3.29. The van der Waals surface area contributed by atoms with Gasteiger partial charge in [-0.25, -0.2) is 0 Å². The van der Waals surface area contributed by atoms with Crippen LogP contribution in [-0.2, 0) is 4.79 Å². The number of benzene rings is 2. The molecule has 39 heavy (non-hydrogen) atoms. The predicted molar refractivity (Wildman–Crippen MR) is 153 cm³/mol. The van der Waals surface area contributed by atoms with Crippen LogP contribution in [0.5, 0.6) is 11.5 Å². The van der Waals surface area contributed by atoms with Crippen molar-refractivity contribution in [1.29, 1.82) is 0 Å². The maximum absolute atomic E-state index is 14.3. The number of amides is 3. The number of aromatic nitrogens is 1. The first kappa shape index (κ1) is 29.4. The number of aryl methyl sites for hydroxylation is 1. The van der Waals surface area contributed by atoms with Gasteiger partial charge in [0.1, 0.15) is 10.9 Å². The Balaban J connectivity index is 2.27. The second kappa shape index (κ2) is 12.6. The number of nitrogens with one attached hydrogen (secondary N) is 1. The van der Waals surface area contributed by atoms with Gasteiger partial charge in [0.2, 0.25) is 5.91 Å². The van der Waals surface area contributed by atoms with Gasteiger partial charge in [0.25, 0.3) is 11.8 Å². The molecule has 10 nitrogen and oxygen atoms in total. The number of rotatable bonds is 11. The number of carbonyl (C=O) groups excluding carboxylic acids is 3. The van der Waals surface area contributed by atoms with Crippen LogP contribution in [0.4, 0.5) is 11.4 Å². The van der Waals surface area contributed by atoms with E-state index in [1.807, 2.05) is 26.0 Å². The number of nitrogens with two attached hydrogens (primary N) is 2. The summed E-state index contributed by atoms with van der Waals surface area (Å²) in [6, 6.07) is 9.44. The highest BCUT2D eigenvalue weighted by Crippen LogP contribution is 2.38. The molecular formula is C28H35N5O5S. The van der Waals surface area contributed by atoms with Gasteiger partial charge < -0.3 is 26.3 Å². The molecule has 1 aromatic heterocycles. The third kappa shape index (κ3) is 6.31. The molecule has 2 aromatic carbocycles. The van der Waals surface area contributed by atoms with E-state index in [9.17, 15) is 14.4 Å². The number of hydrogen-bond donors (Lipinski definition) is 3. The summed E-state index contributed by atoms with van der Waals surface area (Å²) in [7, 11) is 3.01. The van der Waals surface area contributed by atoms with Crippen LogP contribution >= 0.6 is 11.5 Å². The molecule has 3 amide bonds. The molecule has 0 aliphatic rings. The van der Waals surface area contributed by atoms with Crippen LogP contribution < -0.4 is 31.2 Å². The fourth-order valence-corrected chi connectivity index (χ4v) is 4.86. The molecular weight excluding hydrogens is 518 g/mol. The molecule has 0 radical (unpaired) electrons. The highest BCUT2D eigenvalue weighted by molar-refractivity contribution is 7.09. The molecule has 3 rings (SSSR count). The fourth-order valence-electron chi connectivity index (χ4n) is 4.12. The number of anilines is 2. The monoisotopic (exact) mass is 553 g/mol. The molecule has 0 spiro atoms. The van der Waals surface area contributed by atoms with E-state index in [0.29, 0.717) is 35.2 Å². The zero-order valence-electron chi connectivity index (χ0n) is 23.0. The summed E-state index contributed by atoms with van der Waals surface area (Å²) in [6.07, 6.45) is 0.756. The number of hydrogen-bond acceptors (Lipinski definition) is 8. The Hall–Kier alpha value is -4.12. The number of ether oxygens (including phenoxy) is 2. The normalized spacial score (nSPS) is 11.7. The van der Waals surface area contributed by atoms with Gasteiger partial charge in [-0.05, 0) is 72.6 Å². The molecule has 0 bridgehead atoms. The lowest BCUT2D eigenvalue weighted by molar-refractivity contribution is -0.122. The first-order valence-corrected chi connectivity index (χ1v) is 13.2. The topological polar surface area (TPSA) is 150 Å². The van der Waals surface area contributed by atoms with Crippen molar-refractivity contribution in [2.45, 2.75) is 40.2 Å². The summed E-state index contributed by atoms with van der Waals surface area (Å²) in [6.45, 7) is 8.34. The standard InChI is InChI=1S/C28H35N5O5S/c1-15(2)12-13-31-27(35)24(18-10-11-20(37-5)21(14-18)38-6)33(19-9-7-8-16(3)17(19)4)28(36)25-22(29)23(26(30)34)32-39-25/h7-11,14-15,24H,12-13,29H2,1-6H3,(H2,30,34)(H,31,35)/t24-/m0/s1. The first-order chi connectivity index (χ1) is 18.5. The summed E-state index contributed by atoms with van der Waals surface area (Å²) in [5.74, 6) is -0.589. The van der Waals surface area contributed by atoms with E-state index in [-0.39, 0.29) is 16.3 Å². The van der Waals surface area contributed by atoms with Crippen LogP contribution in [-0.4, -0.2) is 42.9 Å². The number of methoxy groups -OCH3 is 2. The van der Waals surface area contributed by atoms with Gasteiger partial charge in [-0.3, -0.25) is 19.3 Å². The van der Waals surface area contributed by atoms with E-state index < -0.39 is 23.8 Å². The van der Waals surface area contributed by atoms with E-state index in [4.69, 9.17) is 20.9 Å². The number of nitrogens with zero attached hydrogens (tertiary/aromatic N) is 2. The molecule has 0 saturated carbocycles. The number of carbonyl (C=O) groups is 3. The van der Waals surface area contributed by atoms with Crippen LogP contribution in [0.1, 0.15) is 63.2 Å². The Kier molecular flexibility index (Phi) is 9.52. The first-order valence-electron chi connectivity index (χ1n) is 12.5. The molecule has 5 N–H and O–H groups in total. The Morgan fingerprint density at radius 3 is 2.36 bits per heavy atom. The van der Waals surface area contributed by atoms with Gasteiger partial charge in [-0.1, -0.05) is 32.0 Å². The zero-order chi connectivity index (χ0) is 28.9. The number of nitrogen functional groups attached to an aromatic ring is 1. The van der Waals surface area contributed by atoms with Gasteiger partial charge in [0, 0.05) is 12.2 Å². The minimum atomic E-state index is -1.12. The maximum atomic E-state index is 14.3. The molecule has 11 heteroatoms. The minimum Gasteiger partial charge on any atom is -0.493 e. The van der Waals surface area contributed by atoms with Crippen molar-refractivity contribution in [2.24, 2.45) is 11.7 Å². The predicted octanol–water partition coefficient (Wildman–Crippen LogP) is 4.01. The van der Waals surface area contributed by atoms with Crippen LogP contribution in [0.3, 0.4) is 0 Å². The maximum Gasteiger partial charge on any atom is 0.273 e. The summed E-state index contributed by atoms with van der Waals surface area (Å²) < 4.78 is 14.9. The minimum absolute atomic E-state index is 0.00478. The Morgan fingerprint density at radius 2 is 1.77 bits per heavy atom. The second-order valence-electron chi connectivity index (χ2n) is 9.52. The Morgan fingerprint density at radius 1 is 1.08 bits per heavy atom. The van der Waals surface area contributed by atoms with Crippen molar-refractivity contribution < 1.29 is 23.9 Å². The van der Waals surface area contributed by atoms with Gasteiger partial charge in [0.05, 0.1) is 19.9 Å². The zero-order valence-corrected chi connectivity index (χ0v) is 23.8. The fraction of sp³-hybridized carbons (Fsp3) is 0.357. The molecule has 0 fully saturated rings. The average molecular weight is 554 g/mol. The quantitative estimate of drug-likeness (QED) is 0.325. The molecule has 0 unspecified atom stereocenters. The summed E-state index contributed by atoms with van der Waals surface area (Å²) in [4.78, 5) is 41.4. The summed E-state index contributed by atoms with van der Waals surface area (Å²) in [5.41, 5.74) is 14.0. The molecule has 208 valence electrons. The smallest absolute Gasteiger partial charge is 0.273 e. The lowest BCUT2D eigenvalue weighted by atomic mass is 9.99. The molecule has 3 aromatic rings. The lowest BCUT2D eigenvalue weighted by Crippen LogP contribution is -2.44. The van der Waals surface area contributed by atoms with Crippen LogP contribution in [0.25, 0.3) is 0 Å². The van der Waals surface area contributed by atoms with Crippen molar-refractivity contribution in [3.05, 3.63) is 63.7 Å². The second-order valence-corrected chi connectivity index (χ2v) is 10.3. The van der Waals surface area contributed by atoms with Gasteiger partial charge in [-0.2, -0.15) is 4.37 Å².